The Morgan fingerprint density at radius 2 is 2.12 bits per heavy atom. The number of likely N-dealkylation sites (N-methyl/N-ethyl adjacent to an activating group) is 1. The zero-order chi connectivity index (χ0) is 12.0. The van der Waals surface area contributed by atoms with Crippen LogP contribution in [0, 0.1) is 0 Å². The van der Waals surface area contributed by atoms with Crippen LogP contribution in [-0.4, -0.2) is 68.2 Å². The summed E-state index contributed by atoms with van der Waals surface area (Å²) in [6.07, 6.45) is 0. The van der Waals surface area contributed by atoms with Gasteiger partial charge in [-0.1, -0.05) is 0 Å². The number of hydrogen-bond acceptors (Lipinski definition) is 3. The molecule has 0 radical (unpaired) electrons. The average Bonchev–Trinajstić information content (AvgIpc) is 2.54. The molecule has 92 valence electrons. The average molecular weight is 229 g/mol. The van der Waals surface area contributed by atoms with Crippen molar-refractivity contribution in [2.45, 2.75) is 0 Å². The van der Waals surface area contributed by atoms with Gasteiger partial charge in [0.15, 0.2) is 0 Å². The summed E-state index contributed by atoms with van der Waals surface area (Å²) in [6.45, 7) is 4.16. The molecule has 1 aliphatic rings. The molecule has 1 heterocycles. The highest BCUT2D eigenvalue weighted by Crippen LogP contribution is 2.03. The largest absolute Gasteiger partial charge is 0.352 e. The molecule has 1 aliphatic heterocycles. The van der Waals surface area contributed by atoms with Crippen LogP contribution in [0.2, 0.25) is 0 Å². The SMILES string of the molecule is CN1CCN(CCNCCNC(N)=O)C1=O. The van der Waals surface area contributed by atoms with E-state index in [1.54, 1.807) is 16.8 Å². The minimum atomic E-state index is -0.516. The third kappa shape index (κ3) is 3.93. The van der Waals surface area contributed by atoms with E-state index in [4.69, 9.17) is 5.73 Å². The number of hydrogen-bond donors (Lipinski definition) is 3. The summed E-state index contributed by atoms with van der Waals surface area (Å²) in [5.41, 5.74) is 4.90. The van der Waals surface area contributed by atoms with Crippen LogP contribution in [0.1, 0.15) is 0 Å². The van der Waals surface area contributed by atoms with Gasteiger partial charge in [0, 0.05) is 46.3 Å². The number of nitrogens with two attached hydrogens (primary N) is 1. The molecule has 1 fully saturated rings. The van der Waals surface area contributed by atoms with Crippen molar-refractivity contribution in [3.8, 4) is 0 Å². The highest BCUT2D eigenvalue weighted by Gasteiger charge is 2.24. The highest BCUT2D eigenvalue weighted by molar-refractivity contribution is 5.76. The van der Waals surface area contributed by atoms with Gasteiger partial charge in [0.05, 0.1) is 0 Å². The molecule has 0 aromatic rings. The molecule has 0 unspecified atom stereocenters. The van der Waals surface area contributed by atoms with Crippen LogP contribution in [0.4, 0.5) is 9.59 Å². The van der Waals surface area contributed by atoms with E-state index in [0.717, 1.165) is 19.6 Å². The molecule has 0 aromatic heterocycles. The molecular weight excluding hydrogens is 210 g/mol. The summed E-state index contributed by atoms with van der Waals surface area (Å²) < 4.78 is 0. The van der Waals surface area contributed by atoms with Gasteiger partial charge in [0.25, 0.3) is 0 Å². The van der Waals surface area contributed by atoms with Crippen molar-refractivity contribution < 1.29 is 9.59 Å². The maximum Gasteiger partial charge on any atom is 0.319 e. The first-order valence-corrected chi connectivity index (χ1v) is 5.35. The van der Waals surface area contributed by atoms with Gasteiger partial charge in [-0.25, -0.2) is 9.59 Å². The zero-order valence-electron chi connectivity index (χ0n) is 9.53. The van der Waals surface area contributed by atoms with Gasteiger partial charge in [-0.3, -0.25) is 0 Å². The van der Waals surface area contributed by atoms with E-state index in [1.165, 1.54) is 0 Å². The van der Waals surface area contributed by atoms with Gasteiger partial charge < -0.3 is 26.2 Å². The van der Waals surface area contributed by atoms with E-state index in [1.807, 2.05) is 0 Å². The summed E-state index contributed by atoms with van der Waals surface area (Å²) in [7, 11) is 1.80. The highest BCUT2D eigenvalue weighted by atomic mass is 16.2. The van der Waals surface area contributed by atoms with Crippen LogP contribution >= 0.6 is 0 Å². The number of carbonyl (C=O) groups is 2. The molecule has 0 atom stereocenters. The first-order chi connectivity index (χ1) is 7.61. The monoisotopic (exact) mass is 229 g/mol. The van der Waals surface area contributed by atoms with Crippen LogP contribution < -0.4 is 16.4 Å². The molecule has 7 heteroatoms. The molecule has 4 amide bonds. The molecule has 7 nitrogen and oxygen atoms in total. The molecule has 0 aromatic carbocycles. The first kappa shape index (κ1) is 12.6. The Bertz CT molecular complexity index is 258. The molecule has 0 saturated carbocycles. The molecule has 0 spiro atoms. The molecule has 1 saturated heterocycles. The van der Waals surface area contributed by atoms with E-state index in [-0.39, 0.29) is 6.03 Å². The Kier molecular flexibility index (Phi) is 4.84. The number of nitrogens with one attached hydrogen (secondary N) is 2. The van der Waals surface area contributed by atoms with Gasteiger partial charge in [0.2, 0.25) is 0 Å². The second-order valence-corrected chi connectivity index (χ2v) is 3.73. The van der Waals surface area contributed by atoms with Crippen LogP contribution in [0.25, 0.3) is 0 Å². The third-order valence-electron chi connectivity index (χ3n) is 2.46. The lowest BCUT2D eigenvalue weighted by Crippen LogP contribution is -2.39. The van der Waals surface area contributed by atoms with E-state index in [9.17, 15) is 9.59 Å². The van der Waals surface area contributed by atoms with E-state index >= 15 is 0 Å². The third-order valence-corrected chi connectivity index (χ3v) is 2.46. The molecule has 4 N–H and O–H groups in total. The van der Waals surface area contributed by atoms with E-state index < -0.39 is 6.03 Å². The summed E-state index contributed by atoms with van der Waals surface area (Å²) >= 11 is 0. The van der Waals surface area contributed by atoms with Crippen molar-refractivity contribution in [2.24, 2.45) is 5.73 Å². The van der Waals surface area contributed by atoms with Crippen LogP contribution in [0.15, 0.2) is 0 Å². The first-order valence-electron chi connectivity index (χ1n) is 5.35. The molecule has 0 aliphatic carbocycles. The van der Waals surface area contributed by atoms with Gasteiger partial charge in [-0.05, 0) is 0 Å². The fourth-order valence-electron chi connectivity index (χ4n) is 1.52. The standard InChI is InChI=1S/C9H19N5O2/c1-13-6-7-14(9(13)16)5-4-11-2-3-12-8(10)15/h11H,2-7H2,1H3,(H3,10,12,15). The quantitative estimate of drug-likeness (QED) is 0.490. The maximum atomic E-state index is 11.5. The van der Waals surface area contributed by atoms with Crippen LogP contribution in [-0.2, 0) is 0 Å². The van der Waals surface area contributed by atoms with Crippen molar-refractivity contribution in [3.05, 3.63) is 0 Å². The summed E-state index contributed by atoms with van der Waals surface area (Å²) in [5.74, 6) is 0. The minimum Gasteiger partial charge on any atom is -0.352 e. The Labute approximate surface area is 94.9 Å². The van der Waals surface area contributed by atoms with E-state index in [2.05, 4.69) is 10.6 Å². The Hall–Kier alpha value is -1.50. The van der Waals surface area contributed by atoms with Gasteiger partial charge >= 0.3 is 12.1 Å². The predicted molar refractivity (Wildman–Crippen MR) is 60.1 cm³/mol. The minimum absolute atomic E-state index is 0.0806. The van der Waals surface area contributed by atoms with Gasteiger partial charge in [-0.15, -0.1) is 0 Å². The van der Waals surface area contributed by atoms with Gasteiger partial charge in [-0.2, -0.15) is 0 Å². The van der Waals surface area contributed by atoms with E-state index in [0.29, 0.717) is 19.6 Å². The number of rotatable bonds is 6. The summed E-state index contributed by atoms with van der Waals surface area (Å²) in [6, 6.07) is -0.435. The fraction of sp³-hybridized carbons (Fsp3) is 0.778. The van der Waals surface area contributed by atoms with Crippen molar-refractivity contribution in [3.63, 3.8) is 0 Å². The lowest BCUT2D eigenvalue weighted by molar-refractivity contribution is 0.198. The Morgan fingerprint density at radius 1 is 1.38 bits per heavy atom. The fourth-order valence-corrected chi connectivity index (χ4v) is 1.52. The number of nitrogens with zero attached hydrogens (tertiary/aromatic N) is 2. The molecule has 0 bridgehead atoms. The molecule has 16 heavy (non-hydrogen) atoms. The van der Waals surface area contributed by atoms with Gasteiger partial charge in [0.1, 0.15) is 0 Å². The van der Waals surface area contributed by atoms with Crippen LogP contribution in [0.3, 0.4) is 0 Å². The summed E-state index contributed by atoms with van der Waals surface area (Å²) in [5, 5.41) is 5.60. The molecular formula is C9H19N5O2. The van der Waals surface area contributed by atoms with Crippen molar-refractivity contribution in [1.29, 1.82) is 0 Å². The number of primary amides is 1. The number of urea groups is 2. The lowest BCUT2D eigenvalue weighted by atomic mass is 10.5. The van der Waals surface area contributed by atoms with Crippen molar-refractivity contribution >= 4 is 12.1 Å². The second kappa shape index (κ2) is 6.16. The number of amides is 4. The zero-order valence-corrected chi connectivity index (χ0v) is 9.53. The Balaban J connectivity index is 1.99. The van der Waals surface area contributed by atoms with Crippen molar-refractivity contribution in [2.75, 3.05) is 46.3 Å². The topological polar surface area (TPSA) is 90.7 Å². The van der Waals surface area contributed by atoms with Crippen LogP contribution in [0.5, 0.6) is 0 Å². The summed E-state index contributed by atoms with van der Waals surface area (Å²) in [4.78, 5) is 25.3. The second-order valence-electron chi connectivity index (χ2n) is 3.73. The number of carbonyl (C=O) groups excluding carboxylic acids is 2. The maximum absolute atomic E-state index is 11.5. The Morgan fingerprint density at radius 3 is 2.69 bits per heavy atom. The predicted octanol–water partition coefficient (Wildman–Crippen LogP) is -1.39. The smallest absolute Gasteiger partial charge is 0.319 e. The molecule has 1 rings (SSSR count). The normalized spacial score (nSPS) is 15.7. The van der Waals surface area contributed by atoms with Crippen molar-refractivity contribution in [1.82, 2.24) is 20.4 Å². The lowest BCUT2D eigenvalue weighted by Gasteiger charge is -2.16.